The van der Waals surface area contributed by atoms with Crippen molar-refractivity contribution in [2.45, 2.75) is 6.92 Å². The number of benzene rings is 1. The van der Waals surface area contributed by atoms with E-state index < -0.39 is 0 Å². The zero-order chi connectivity index (χ0) is 12.4. The van der Waals surface area contributed by atoms with Crippen molar-refractivity contribution in [2.24, 2.45) is 0 Å². The first-order chi connectivity index (χ1) is 8.11. The Labute approximate surface area is 112 Å². The Morgan fingerprint density at radius 3 is 2.88 bits per heavy atom. The van der Waals surface area contributed by atoms with Gasteiger partial charge in [0.15, 0.2) is 5.69 Å². The fraction of sp³-hybridized carbons (Fsp3) is 0.167. The van der Waals surface area contributed by atoms with Gasteiger partial charge in [0, 0.05) is 14.9 Å². The molecule has 5 heteroatoms. The molecule has 1 aromatic heterocycles. The van der Waals surface area contributed by atoms with Gasteiger partial charge in [0.2, 0.25) is 0 Å². The van der Waals surface area contributed by atoms with Gasteiger partial charge < -0.3 is 4.74 Å². The third-order valence-electron chi connectivity index (χ3n) is 2.25. The number of esters is 1. The lowest BCUT2D eigenvalue weighted by Crippen LogP contribution is -2.03. The number of ether oxygens (including phenoxy) is 1. The summed E-state index contributed by atoms with van der Waals surface area (Å²) in [6, 6.07) is 7.82. The number of thiazole rings is 1. The van der Waals surface area contributed by atoms with Crippen molar-refractivity contribution in [3.8, 4) is 10.6 Å². The molecule has 0 fully saturated rings. The quantitative estimate of drug-likeness (QED) is 0.794. The Hall–Kier alpha value is -1.20. The first-order valence-corrected chi connectivity index (χ1v) is 6.54. The van der Waals surface area contributed by atoms with Gasteiger partial charge in [-0.05, 0) is 19.1 Å². The van der Waals surface area contributed by atoms with Crippen LogP contribution in [0.3, 0.4) is 0 Å². The van der Waals surface area contributed by atoms with Crippen molar-refractivity contribution in [1.29, 1.82) is 0 Å². The molecule has 2 rings (SSSR count). The van der Waals surface area contributed by atoms with Crippen LogP contribution in [-0.2, 0) is 4.74 Å². The maximum atomic E-state index is 11.5. The van der Waals surface area contributed by atoms with Crippen LogP contribution >= 0.6 is 27.3 Å². The van der Waals surface area contributed by atoms with Crippen molar-refractivity contribution in [3.63, 3.8) is 0 Å². The molecule has 0 N–H and O–H groups in total. The number of aryl methyl sites for hydroxylation is 1. The molecule has 1 heterocycles. The normalized spacial score (nSPS) is 10.3. The number of halogens is 1. The highest BCUT2D eigenvalue weighted by Gasteiger charge is 2.16. The van der Waals surface area contributed by atoms with Crippen molar-refractivity contribution >= 4 is 33.2 Å². The predicted octanol–water partition coefficient (Wildman–Crippen LogP) is 3.67. The van der Waals surface area contributed by atoms with Gasteiger partial charge in [0.05, 0.1) is 7.11 Å². The number of carbonyl (C=O) groups excluding carboxylic acids is 1. The number of hydrogen-bond donors (Lipinski definition) is 0. The van der Waals surface area contributed by atoms with Crippen LogP contribution in [0.2, 0.25) is 0 Å². The molecular formula is C12H10BrNO2S. The molecule has 2 aromatic rings. The fourth-order valence-electron chi connectivity index (χ4n) is 1.43. The summed E-state index contributed by atoms with van der Waals surface area (Å²) >= 11 is 4.90. The molecule has 0 aliphatic rings. The van der Waals surface area contributed by atoms with Gasteiger partial charge in [-0.2, -0.15) is 0 Å². The van der Waals surface area contributed by atoms with Gasteiger partial charge in [0.1, 0.15) is 5.01 Å². The van der Waals surface area contributed by atoms with Crippen LogP contribution in [0, 0.1) is 6.92 Å². The Morgan fingerprint density at radius 1 is 1.47 bits per heavy atom. The second kappa shape index (κ2) is 4.98. The molecule has 17 heavy (non-hydrogen) atoms. The average molecular weight is 312 g/mol. The van der Waals surface area contributed by atoms with Crippen LogP contribution in [0.15, 0.2) is 28.7 Å². The van der Waals surface area contributed by atoms with E-state index >= 15 is 0 Å². The van der Waals surface area contributed by atoms with E-state index in [2.05, 4.69) is 25.7 Å². The molecule has 88 valence electrons. The molecule has 3 nitrogen and oxygen atoms in total. The minimum Gasteiger partial charge on any atom is -0.464 e. The third-order valence-corrected chi connectivity index (χ3v) is 3.76. The Kier molecular flexibility index (Phi) is 3.59. The summed E-state index contributed by atoms with van der Waals surface area (Å²) in [5.41, 5.74) is 1.38. The summed E-state index contributed by atoms with van der Waals surface area (Å²) in [5, 5.41) is 0.823. The van der Waals surface area contributed by atoms with Crippen molar-refractivity contribution in [3.05, 3.63) is 39.3 Å². The molecule has 0 saturated heterocycles. The van der Waals surface area contributed by atoms with Crippen LogP contribution in [-0.4, -0.2) is 18.1 Å². The van der Waals surface area contributed by atoms with E-state index in [0.717, 1.165) is 19.9 Å². The van der Waals surface area contributed by atoms with Gasteiger partial charge in [0.25, 0.3) is 0 Å². The average Bonchev–Trinajstić information content (AvgIpc) is 2.70. The second-order valence-electron chi connectivity index (χ2n) is 3.43. The molecule has 0 aliphatic heterocycles. The van der Waals surface area contributed by atoms with Gasteiger partial charge in [-0.25, -0.2) is 9.78 Å². The summed E-state index contributed by atoms with van der Waals surface area (Å²) in [7, 11) is 1.36. The first kappa shape index (κ1) is 12.3. The lowest BCUT2D eigenvalue weighted by Gasteiger charge is -1.96. The molecule has 0 amide bonds. The SMILES string of the molecule is COC(=O)c1nc(-c2cccc(Br)c2)sc1C. The topological polar surface area (TPSA) is 39.2 Å². The van der Waals surface area contributed by atoms with Crippen LogP contribution in [0.1, 0.15) is 15.4 Å². The number of methoxy groups -OCH3 is 1. The summed E-state index contributed by atoms with van der Waals surface area (Å²) < 4.78 is 5.67. The van der Waals surface area contributed by atoms with E-state index in [1.54, 1.807) is 0 Å². The van der Waals surface area contributed by atoms with E-state index in [4.69, 9.17) is 0 Å². The smallest absolute Gasteiger partial charge is 0.357 e. The zero-order valence-electron chi connectivity index (χ0n) is 9.36. The predicted molar refractivity (Wildman–Crippen MR) is 71.3 cm³/mol. The monoisotopic (exact) mass is 311 g/mol. The maximum absolute atomic E-state index is 11.5. The maximum Gasteiger partial charge on any atom is 0.357 e. The standard InChI is InChI=1S/C12H10BrNO2S/c1-7-10(12(15)16-2)14-11(17-7)8-4-3-5-9(13)6-8/h3-6H,1-2H3. The van der Waals surface area contributed by atoms with Crippen LogP contribution < -0.4 is 0 Å². The highest BCUT2D eigenvalue weighted by Crippen LogP contribution is 2.29. The van der Waals surface area contributed by atoms with E-state index in [9.17, 15) is 4.79 Å². The Balaban J connectivity index is 2.44. The summed E-state index contributed by atoms with van der Waals surface area (Å²) in [6.45, 7) is 1.87. The first-order valence-electron chi connectivity index (χ1n) is 4.93. The van der Waals surface area contributed by atoms with Crippen molar-refractivity contribution in [2.75, 3.05) is 7.11 Å². The highest BCUT2D eigenvalue weighted by molar-refractivity contribution is 9.10. The van der Waals surface area contributed by atoms with E-state index in [-0.39, 0.29) is 5.97 Å². The molecule has 0 bridgehead atoms. The lowest BCUT2D eigenvalue weighted by molar-refractivity contribution is 0.0594. The lowest BCUT2D eigenvalue weighted by atomic mass is 10.2. The molecule has 0 spiro atoms. The minimum absolute atomic E-state index is 0.389. The van der Waals surface area contributed by atoms with Gasteiger partial charge >= 0.3 is 5.97 Å². The molecule has 1 aromatic carbocycles. The van der Waals surface area contributed by atoms with Crippen molar-refractivity contribution < 1.29 is 9.53 Å². The number of aromatic nitrogens is 1. The van der Waals surface area contributed by atoms with E-state index in [1.165, 1.54) is 18.4 Å². The van der Waals surface area contributed by atoms with Gasteiger partial charge in [-0.1, -0.05) is 28.1 Å². The number of nitrogens with zero attached hydrogens (tertiary/aromatic N) is 1. The number of rotatable bonds is 2. The van der Waals surface area contributed by atoms with E-state index in [1.807, 2.05) is 31.2 Å². The largest absolute Gasteiger partial charge is 0.464 e. The summed E-state index contributed by atoms with van der Waals surface area (Å²) in [4.78, 5) is 16.6. The molecule has 0 atom stereocenters. The molecule has 0 radical (unpaired) electrons. The number of hydrogen-bond acceptors (Lipinski definition) is 4. The molecule has 0 unspecified atom stereocenters. The second-order valence-corrected chi connectivity index (χ2v) is 5.54. The fourth-order valence-corrected chi connectivity index (χ4v) is 2.72. The Morgan fingerprint density at radius 2 is 2.24 bits per heavy atom. The van der Waals surface area contributed by atoms with Gasteiger partial charge in [-0.15, -0.1) is 11.3 Å². The van der Waals surface area contributed by atoms with Gasteiger partial charge in [-0.3, -0.25) is 0 Å². The van der Waals surface area contributed by atoms with E-state index in [0.29, 0.717) is 5.69 Å². The summed E-state index contributed by atoms with van der Waals surface area (Å²) in [6.07, 6.45) is 0. The zero-order valence-corrected chi connectivity index (χ0v) is 11.8. The highest BCUT2D eigenvalue weighted by atomic mass is 79.9. The third kappa shape index (κ3) is 2.56. The minimum atomic E-state index is -0.389. The number of carbonyl (C=O) groups is 1. The molecular weight excluding hydrogens is 302 g/mol. The Bertz CT molecular complexity index is 565. The van der Waals surface area contributed by atoms with Crippen LogP contribution in [0.4, 0.5) is 0 Å². The molecule has 0 aliphatic carbocycles. The van der Waals surface area contributed by atoms with Crippen molar-refractivity contribution in [1.82, 2.24) is 4.98 Å². The van der Waals surface area contributed by atoms with Crippen LogP contribution in [0.5, 0.6) is 0 Å². The summed E-state index contributed by atoms with van der Waals surface area (Å²) in [5.74, 6) is -0.389. The van der Waals surface area contributed by atoms with Crippen LogP contribution in [0.25, 0.3) is 10.6 Å². The molecule has 0 saturated carbocycles.